The third-order valence-electron chi connectivity index (χ3n) is 3.92. The highest BCUT2D eigenvalue weighted by molar-refractivity contribution is 9.10. The summed E-state index contributed by atoms with van der Waals surface area (Å²) in [5, 5.41) is 13.6. The Kier molecular flexibility index (Phi) is 5.00. The van der Waals surface area contributed by atoms with E-state index in [-0.39, 0.29) is 0 Å². The predicted octanol–water partition coefficient (Wildman–Crippen LogP) is 3.24. The van der Waals surface area contributed by atoms with E-state index in [0.717, 1.165) is 23.3 Å². The van der Waals surface area contributed by atoms with Crippen molar-refractivity contribution in [3.63, 3.8) is 0 Å². The summed E-state index contributed by atoms with van der Waals surface area (Å²) in [5.74, 6) is 0. The molecular formula is C14H21BrN4. The summed E-state index contributed by atoms with van der Waals surface area (Å²) in [7, 11) is 0. The third-order valence-corrected chi connectivity index (χ3v) is 4.95. The second-order valence-electron chi connectivity index (χ2n) is 5.16. The molecule has 5 heteroatoms. The summed E-state index contributed by atoms with van der Waals surface area (Å²) in [5.41, 5.74) is 2.22. The van der Waals surface area contributed by atoms with Crippen molar-refractivity contribution in [3.05, 3.63) is 15.9 Å². The first-order chi connectivity index (χ1) is 9.17. The zero-order chi connectivity index (χ0) is 13.8. The number of aryl methyl sites for hydroxylation is 2. The molecule has 2 rings (SSSR count). The molecule has 1 aromatic rings. The molecule has 0 amide bonds. The second-order valence-corrected chi connectivity index (χ2v) is 5.96. The van der Waals surface area contributed by atoms with Crippen molar-refractivity contribution in [1.82, 2.24) is 14.7 Å². The quantitative estimate of drug-likeness (QED) is 0.781. The molecule has 0 spiro atoms. The molecule has 0 bridgehead atoms. The monoisotopic (exact) mass is 324 g/mol. The van der Waals surface area contributed by atoms with Crippen molar-refractivity contribution >= 4 is 15.9 Å². The first-order valence-corrected chi connectivity index (χ1v) is 7.79. The molecular weight excluding hydrogens is 304 g/mol. The summed E-state index contributed by atoms with van der Waals surface area (Å²) >= 11 is 3.64. The first kappa shape index (κ1) is 14.5. The molecule has 0 aromatic carbocycles. The van der Waals surface area contributed by atoms with Gasteiger partial charge in [0.05, 0.1) is 28.5 Å². The summed E-state index contributed by atoms with van der Waals surface area (Å²) in [6.45, 7) is 6.31. The highest BCUT2D eigenvalue weighted by atomic mass is 79.9. The lowest BCUT2D eigenvalue weighted by Crippen LogP contribution is -2.34. The molecule has 0 radical (unpaired) electrons. The van der Waals surface area contributed by atoms with Crippen molar-refractivity contribution in [2.75, 3.05) is 6.54 Å². The number of nitrogens with zero attached hydrogens (tertiary/aromatic N) is 4. The third kappa shape index (κ3) is 3.18. The lowest BCUT2D eigenvalue weighted by atomic mass is 10.2. The molecule has 1 aromatic heterocycles. The molecule has 1 saturated carbocycles. The van der Waals surface area contributed by atoms with Gasteiger partial charge in [-0.15, -0.1) is 0 Å². The Balaban J connectivity index is 2.19. The smallest absolute Gasteiger partial charge is 0.0871 e. The first-order valence-electron chi connectivity index (χ1n) is 7.00. The summed E-state index contributed by atoms with van der Waals surface area (Å²) in [6.07, 6.45) is 5.02. The van der Waals surface area contributed by atoms with Gasteiger partial charge in [0.25, 0.3) is 0 Å². The van der Waals surface area contributed by atoms with Crippen LogP contribution in [0, 0.1) is 18.3 Å². The fraction of sp³-hybridized carbons (Fsp3) is 0.714. The van der Waals surface area contributed by atoms with E-state index in [0.29, 0.717) is 12.6 Å². The van der Waals surface area contributed by atoms with Crippen LogP contribution in [0.15, 0.2) is 4.47 Å². The van der Waals surface area contributed by atoms with Gasteiger partial charge in [-0.3, -0.25) is 9.58 Å². The Bertz CT molecular complexity index is 469. The van der Waals surface area contributed by atoms with E-state index in [9.17, 15) is 0 Å². The van der Waals surface area contributed by atoms with Crippen molar-refractivity contribution < 1.29 is 0 Å². The maximum Gasteiger partial charge on any atom is 0.0871 e. The summed E-state index contributed by atoms with van der Waals surface area (Å²) in [6, 6.07) is 2.87. The van der Waals surface area contributed by atoms with Gasteiger partial charge in [0.2, 0.25) is 0 Å². The van der Waals surface area contributed by atoms with Gasteiger partial charge >= 0.3 is 0 Å². The maximum atomic E-state index is 9.05. The van der Waals surface area contributed by atoms with Crippen molar-refractivity contribution in [2.45, 2.75) is 58.7 Å². The van der Waals surface area contributed by atoms with Crippen LogP contribution in [0.5, 0.6) is 0 Å². The second kappa shape index (κ2) is 6.53. The van der Waals surface area contributed by atoms with Crippen LogP contribution in [-0.2, 0) is 13.1 Å². The van der Waals surface area contributed by atoms with Crippen LogP contribution in [0.4, 0.5) is 0 Å². The zero-order valence-corrected chi connectivity index (χ0v) is 13.3. The Labute approximate surface area is 123 Å². The van der Waals surface area contributed by atoms with Crippen LogP contribution in [0.25, 0.3) is 0 Å². The van der Waals surface area contributed by atoms with Gasteiger partial charge in [-0.05, 0) is 42.6 Å². The minimum absolute atomic E-state index is 0.505. The molecule has 19 heavy (non-hydrogen) atoms. The van der Waals surface area contributed by atoms with Crippen LogP contribution in [0.2, 0.25) is 0 Å². The van der Waals surface area contributed by atoms with E-state index in [1.807, 2.05) is 11.6 Å². The molecule has 0 aliphatic heterocycles. The summed E-state index contributed by atoms with van der Waals surface area (Å²) < 4.78 is 3.13. The van der Waals surface area contributed by atoms with Gasteiger partial charge in [-0.25, -0.2) is 0 Å². The molecule has 1 fully saturated rings. The topological polar surface area (TPSA) is 44.9 Å². The number of halogens is 1. The average molecular weight is 325 g/mol. The van der Waals surface area contributed by atoms with E-state index in [2.05, 4.69) is 38.9 Å². The molecule has 0 saturated heterocycles. The standard InChI is InChI=1S/C14H21BrN4/c1-3-19-13(14(15)11(2)17-19)10-18(9-8-16)12-6-4-5-7-12/h12H,3-7,9-10H2,1-2H3. The lowest BCUT2D eigenvalue weighted by Gasteiger charge is -2.26. The van der Waals surface area contributed by atoms with E-state index in [1.165, 1.54) is 31.4 Å². The van der Waals surface area contributed by atoms with Gasteiger partial charge in [0.15, 0.2) is 0 Å². The van der Waals surface area contributed by atoms with E-state index in [1.54, 1.807) is 0 Å². The predicted molar refractivity (Wildman–Crippen MR) is 78.6 cm³/mol. The van der Waals surface area contributed by atoms with Crippen LogP contribution < -0.4 is 0 Å². The maximum absolute atomic E-state index is 9.05. The van der Waals surface area contributed by atoms with E-state index < -0.39 is 0 Å². The molecule has 1 heterocycles. The SMILES string of the molecule is CCn1nc(C)c(Br)c1CN(CC#N)C1CCCC1. The van der Waals surface area contributed by atoms with Crippen LogP contribution in [0.1, 0.15) is 44.0 Å². The van der Waals surface area contributed by atoms with Crippen molar-refractivity contribution in [1.29, 1.82) is 5.26 Å². The van der Waals surface area contributed by atoms with Gasteiger partial charge in [-0.2, -0.15) is 10.4 Å². The van der Waals surface area contributed by atoms with Crippen molar-refractivity contribution in [2.24, 2.45) is 0 Å². The fourth-order valence-corrected chi connectivity index (χ4v) is 3.30. The van der Waals surface area contributed by atoms with Crippen LogP contribution in [0.3, 0.4) is 0 Å². The summed E-state index contributed by atoms with van der Waals surface area (Å²) in [4.78, 5) is 2.31. The zero-order valence-electron chi connectivity index (χ0n) is 11.7. The van der Waals surface area contributed by atoms with E-state index >= 15 is 0 Å². The number of aromatic nitrogens is 2. The fourth-order valence-electron chi connectivity index (χ4n) is 2.89. The highest BCUT2D eigenvalue weighted by Crippen LogP contribution is 2.28. The van der Waals surface area contributed by atoms with Gasteiger partial charge < -0.3 is 0 Å². The Morgan fingerprint density at radius 2 is 2.16 bits per heavy atom. The average Bonchev–Trinajstić information content (AvgIpc) is 3.01. The molecule has 1 aliphatic rings. The van der Waals surface area contributed by atoms with Crippen LogP contribution in [-0.4, -0.2) is 27.3 Å². The molecule has 0 unspecified atom stereocenters. The number of rotatable bonds is 5. The molecule has 4 nitrogen and oxygen atoms in total. The Morgan fingerprint density at radius 3 is 2.74 bits per heavy atom. The Hall–Kier alpha value is -0.860. The number of hydrogen-bond donors (Lipinski definition) is 0. The number of nitriles is 1. The van der Waals surface area contributed by atoms with Gasteiger partial charge in [0, 0.05) is 19.1 Å². The normalized spacial score (nSPS) is 16.2. The largest absolute Gasteiger partial charge is 0.282 e. The molecule has 104 valence electrons. The van der Waals surface area contributed by atoms with Gasteiger partial charge in [-0.1, -0.05) is 12.8 Å². The molecule has 0 N–H and O–H groups in total. The Morgan fingerprint density at radius 1 is 1.47 bits per heavy atom. The van der Waals surface area contributed by atoms with Crippen molar-refractivity contribution in [3.8, 4) is 6.07 Å². The van der Waals surface area contributed by atoms with Crippen LogP contribution >= 0.6 is 15.9 Å². The number of hydrogen-bond acceptors (Lipinski definition) is 3. The van der Waals surface area contributed by atoms with E-state index in [4.69, 9.17) is 5.26 Å². The minimum atomic E-state index is 0.505. The lowest BCUT2D eigenvalue weighted by molar-refractivity contribution is 0.207. The minimum Gasteiger partial charge on any atom is -0.282 e. The molecule has 1 aliphatic carbocycles. The van der Waals surface area contributed by atoms with Gasteiger partial charge in [0.1, 0.15) is 0 Å². The molecule has 0 atom stereocenters. The highest BCUT2D eigenvalue weighted by Gasteiger charge is 2.24.